The molecule has 5 rings (SSSR count). The lowest BCUT2D eigenvalue weighted by molar-refractivity contribution is -0.121. The molecule has 2 bridgehead atoms. The van der Waals surface area contributed by atoms with Crippen LogP contribution >= 0.6 is 0 Å². The van der Waals surface area contributed by atoms with Crippen LogP contribution in [-0.2, 0) is 17.8 Å². The van der Waals surface area contributed by atoms with Gasteiger partial charge in [0.25, 0.3) is 5.56 Å². The van der Waals surface area contributed by atoms with Gasteiger partial charge in [-0.1, -0.05) is 30.3 Å². The van der Waals surface area contributed by atoms with Crippen LogP contribution in [0.25, 0.3) is 5.57 Å². The van der Waals surface area contributed by atoms with Crippen molar-refractivity contribution in [3.05, 3.63) is 93.9 Å². The maximum absolute atomic E-state index is 12.9. The number of amides is 1. The highest BCUT2D eigenvalue weighted by atomic mass is 16.2. The van der Waals surface area contributed by atoms with Crippen LogP contribution in [0, 0.1) is 12.8 Å². The normalized spacial score (nSPS) is 15.6. The average Bonchev–Trinajstić information content (AvgIpc) is 3.39. The lowest BCUT2D eigenvalue weighted by Crippen LogP contribution is -2.37. The van der Waals surface area contributed by atoms with Crippen molar-refractivity contribution < 1.29 is 4.79 Å². The number of aliphatic imine (C=N–C) groups is 1. The predicted molar refractivity (Wildman–Crippen MR) is 127 cm³/mol. The Kier molecular flexibility index (Phi) is 5.56. The molecule has 0 saturated carbocycles. The summed E-state index contributed by atoms with van der Waals surface area (Å²) in [6.45, 7) is 2.68. The second kappa shape index (κ2) is 8.82. The van der Waals surface area contributed by atoms with Crippen molar-refractivity contribution in [1.29, 1.82) is 0 Å². The van der Waals surface area contributed by atoms with Crippen LogP contribution in [-0.4, -0.2) is 39.2 Å². The molecule has 1 amide bonds. The minimum atomic E-state index is -0.313. The third-order valence-corrected chi connectivity index (χ3v) is 6.02. The molecule has 0 fully saturated rings. The fraction of sp³-hybridized carbons (Fsp3) is 0.240. The molecule has 8 nitrogen and oxygen atoms in total. The van der Waals surface area contributed by atoms with Gasteiger partial charge in [0.1, 0.15) is 6.54 Å². The van der Waals surface area contributed by atoms with Crippen molar-refractivity contribution in [3.63, 3.8) is 0 Å². The van der Waals surface area contributed by atoms with Crippen LogP contribution in [0.15, 0.2) is 70.8 Å². The van der Waals surface area contributed by atoms with E-state index in [9.17, 15) is 9.59 Å². The first-order valence-corrected chi connectivity index (χ1v) is 11.0. The molecule has 1 unspecified atom stereocenters. The van der Waals surface area contributed by atoms with E-state index in [0.29, 0.717) is 25.2 Å². The maximum Gasteiger partial charge on any atom is 0.293 e. The van der Waals surface area contributed by atoms with Crippen LogP contribution in [0.4, 0.5) is 5.82 Å². The summed E-state index contributed by atoms with van der Waals surface area (Å²) in [5.41, 5.74) is 5.70. The zero-order chi connectivity index (χ0) is 22.8. The number of carbonyl (C=O) groups excluding carboxylic acids is 1. The maximum atomic E-state index is 12.9. The number of anilines is 1. The van der Waals surface area contributed by atoms with Gasteiger partial charge in [0.05, 0.1) is 5.71 Å². The van der Waals surface area contributed by atoms with Crippen LogP contribution < -0.4 is 16.2 Å². The number of benzene rings is 1. The topological polar surface area (TPSA) is 101 Å². The molecular weight excluding hydrogens is 416 g/mol. The van der Waals surface area contributed by atoms with E-state index in [2.05, 4.69) is 37.7 Å². The van der Waals surface area contributed by atoms with E-state index < -0.39 is 0 Å². The summed E-state index contributed by atoms with van der Waals surface area (Å²) in [4.78, 5) is 38.6. The van der Waals surface area contributed by atoms with E-state index in [0.717, 1.165) is 22.5 Å². The molecule has 1 aliphatic carbocycles. The molecule has 1 aromatic carbocycles. The molecule has 33 heavy (non-hydrogen) atoms. The molecular formula is C25H24N6O2. The van der Waals surface area contributed by atoms with Crippen LogP contribution in [0.2, 0.25) is 0 Å². The van der Waals surface area contributed by atoms with Gasteiger partial charge in [-0.25, -0.2) is 4.98 Å². The van der Waals surface area contributed by atoms with Gasteiger partial charge in [0.2, 0.25) is 5.91 Å². The van der Waals surface area contributed by atoms with E-state index in [1.807, 2.05) is 36.5 Å². The molecule has 2 N–H and O–H groups in total. The Bertz CT molecular complexity index is 1290. The largest absolute Gasteiger partial charge is 0.365 e. The number of aromatic nitrogens is 3. The minimum absolute atomic E-state index is 0.0606. The van der Waals surface area contributed by atoms with Gasteiger partial charge >= 0.3 is 0 Å². The van der Waals surface area contributed by atoms with Gasteiger partial charge in [-0.2, -0.15) is 0 Å². The SMILES string of the molecule is Cc1cnc(NCCc2ccccn2)c(=O)n1CC(=O)NCC1C2=CN=C1c1ccccc12. The highest BCUT2D eigenvalue weighted by Crippen LogP contribution is 2.41. The van der Waals surface area contributed by atoms with Gasteiger partial charge in [0.15, 0.2) is 5.82 Å². The highest BCUT2D eigenvalue weighted by molar-refractivity contribution is 6.20. The Morgan fingerprint density at radius 1 is 1.09 bits per heavy atom. The van der Waals surface area contributed by atoms with Gasteiger partial charge in [0, 0.05) is 61.0 Å². The Hall–Kier alpha value is -4.07. The molecule has 166 valence electrons. The van der Waals surface area contributed by atoms with Crippen molar-refractivity contribution in [2.75, 3.05) is 18.4 Å². The summed E-state index contributed by atoms with van der Waals surface area (Å²) in [6, 6.07) is 13.9. The number of aryl methyl sites for hydroxylation is 1. The molecule has 3 aromatic rings. The van der Waals surface area contributed by atoms with Crippen LogP contribution in [0.1, 0.15) is 22.5 Å². The predicted octanol–water partition coefficient (Wildman–Crippen LogP) is 2.19. The fourth-order valence-corrected chi connectivity index (χ4v) is 4.30. The van der Waals surface area contributed by atoms with Gasteiger partial charge in [-0.05, 0) is 30.2 Å². The Morgan fingerprint density at radius 3 is 2.70 bits per heavy atom. The second-order valence-corrected chi connectivity index (χ2v) is 8.14. The lowest BCUT2D eigenvalue weighted by Gasteiger charge is -2.14. The summed E-state index contributed by atoms with van der Waals surface area (Å²) in [7, 11) is 0. The standard InChI is InChI=1S/C25H24N6O2/c1-16-12-30-24(27-11-9-17-6-4-5-10-26-17)25(33)31(16)15-22(32)28-14-21-20-13-29-23(21)19-8-3-2-7-18(19)20/h2-8,10,12-13,21H,9,11,14-15H2,1H3,(H,27,30)(H,28,32). The lowest BCUT2D eigenvalue weighted by atomic mass is 10.0. The fourth-order valence-electron chi connectivity index (χ4n) is 4.30. The third kappa shape index (κ3) is 4.07. The van der Waals surface area contributed by atoms with Crippen molar-refractivity contribution in [1.82, 2.24) is 19.9 Å². The smallest absolute Gasteiger partial charge is 0.293 e. The number of nitrogens with zero attached hydrogens (tertiary/aromatic N) is 4. The summed E-state index contributed by atoms with van der Waals surface area (Å²) >= 11 is 0. The van der Waals surface area contributed by atoms with E-state index in [1.54, 1.807) is 19.3 Å². The number of nitrogens with one attached hydrogen (secondary N) is 2. The summed E-state index contributed by atoms with van der Waals surface area (Å²) in [5, 5.41) is 6.05. The van der Waals surface area contributed by atoms with E-state index in [4.69, 9.17) is 0 Å². The zero-order valence-corrected chi connectivity index (χ0v) is 18.3. The van der Waals surface area contributed by atoms with E-state index >= 15 is 0 Å². The average molecular weight is 441 g/mol. The summed E-state index contributed by atoms with van der Waals surface area (Å²) < 4.78 is 1.44. The molecule has 1 aliphatic heterocycles. The van der Waals surface area contributed by atoms with Crippen LogP contribution in [0.5, 0.6) is 0 Å². The van der Waals surface area contributed by atoms with Crippen molar-refractivity contribution in [2.45, 2.75) is 19.9 Å². The number of pyridine rings is 1. The number of carbonyl (C=O) groups is 1. The first-order chi connectivity index (χ1) is 16.1. The van der Waals surface area contributed by atoms with Crippen LogP contribution in [0.3, 0.4) is 0 Å². The monoisotopic (exact) mass is 440 g/mol. The molecule has 2 aliphatic rings. The first kappa shape index (κ1) is 20.8. The van der Waals surface area contributed by atoms with Gasteiger partial charge < -0.3 is 10.6 Å². The van der Waals surface area contributed by atoms with Gasteiger partial charge in [-0.3, -0.25) is 24.1 Å². The molecule has 2 aromatic heterocycles. The minimum Gasteiger partial charge on any atom is -0.365 e. The number of rotatable bonds is 8. The zero-order valence-electron chi connectivity index (χ0n) is 18.3. The Balaban J connectivity index is 1.20. The Morgan fingerprint density at radius 2 is 1.91 bits per heavy atom. The Labute approximate surface area is 191 Å². The summed E-state index contributed by atoms with van der Waals surface area (Å²) in [6.07, 6.45) is 5.89. The molecule has 3 heterocycles. The van der Waals surface area contributed by atoms with Crippen molar-refractivity contribution in [3.8, 4) is 0 Å². The van der Waals surface area contributed by atoms with E-state index in [-0.39, 0.29) is 29.7 Å². The number of fused-ring (bicyclic) bond motifs is 5. The summed E-state index contributed by atoms with van der Waals surface area (Å²) in [5.74, 6) is 0.0703. The molecule has 0 saturated heterocycles. The molecule has 8 heteroatoms. The number of hydrogen-bond donors (Lipinski definition) is 2. The van der Waals surface area contributed by atoms with Gasteiger partial charge in [-0.15, -0.1) is 0 Å². The molecule has 1 atom stereocenters. The molecule has 0 spiro atoms. The molecule has 0 radical (unpaired) electrons. The van der Waals surface area contributed by atoms with Crippen molar-refractivity contribution in [2.24, 2.45) is 10.9 Å². The highest BCUT2D eigenvalue weighted by Gasteiger charge is 2.36. The van der Waals surface area contributed by atoms with Crippen molar-refractivity contribution >= 4 is 23.0 Å². The first-order valence-electron chi connectivity index (χ1n) is 11.0. The second-order valence-electron chi connectivity index (χ2n) is 8.14. The quantitative estimate of drug-likeness (QED) is 0.559. The van der Waals surface area contributed by atoms with E-state index in [1.165, 1.54) is 10.1 Å². The third-order valence-electron chi connectivity index (χ3n) is 6.02. The number of hydrogen-bond acceptors (Lipinski definition) is 6.